The number of carbonyl (C=O) groups is 2. The molecule has 29 heavy (non-hydrogen) atoms. The number of ether oxygens (including phenoxy) is 1. The second kappa shape index (κ2) is 9.50. The number of rotatable bonds is 8. The van der Waals surface area contributed by atoms with Crippen molar-refractivity contribution in [3.63, 3.8) is 0 Å². The minimum Gasteiger partial charge on any atom is -0.504 e. The first-order valence-corrected chi connectivity index (χ1v) is 8.93. The summed E-state index contributed by atoms with van der Waals surface area (Å²) in [4.78, 5) is 26.5. The summed E-state index contributed by atoms with van der Waals surface area (Å²) in [6.45, 7) is 5.43. The lowest BCUT2D eigenvalue weighted by molar-refractivity contribution is -0.146. The fourth-order valence-electron chi connectivity index (χ4n) is 2.72. The average Bonchev–Trinajstić information content (AvgIpc) is 2.70. The van der Waals surface area contributed by atoms with Crippen LogP contribution in [0.15, 0.2) is 49.1 Å². The van der Waals surface area contributed by atoms with Gasteiger partial charge in [0.2, 0.25) is 0 Å². The number of hydrogen-bond acceptors (Lipinski definition) is 7. The van der Waals surface area contributed by atoms with E-state index in [9.17, 15) is 30.0 Å². The minimum atomic E-state index is -1.15. The largest absolute Gasteiger partial charge is 0.504 e. The van der Waals surface area contributed by atoms with Gasteiger partial charge in [0.05, 0.1) is 6.61 Å². The molecule has 4 N–H and O–H groups in total. The first-order chi connectivity index (χ1) is 13.8. The Bertz CT molecular complexity index is 910. The molecule has 0 aliphatic carbocycles. The van der Waals surface area contributed by atoms with Crippen LogP contribution in [-0.2, 0) is 20.7 Å². The van der Waals surface area contributed by atoms with E-state index in [-0.39, 0.29) is 36.0 Å². The highest BCUT2D eigenvalue weighted by Crippen LogP contribution is 2.32. The molecule has 0 bridgehead atoms. The Morgan fingerprint density at radius 3 is 2.21 bits per heavy atom. The van der Waals surface area contributed by atoms with Crippen LogP contribution in [0.5, 0.6) is 23.0 Å². The molecule has 0 saturated carbocycles. The van der Waals surface area contributed by atoms with Gasteiger partial charge in [0, 0.05) is 18.2 Å². The smallest absolute Gasteiger partial charge is 0.329 e. The summed E-state index contributed by atoms with van der Waals surface area (Å²) in [5.74, 6) is -2.85. The monoisotopic (exact) mass is 401 g/mol. The molecule has 0 fully saturated rings. The van der Waals surface area contributed by atoms with Crippen molar-refractivity contribution in [2.45, 2.75) is 25.8 Å². The quantitative estimate of drug-likeness (QED) is 0.304. The lowest BCUT2D eigenvalue weighted by Gasteiger charge is -2.30. The third-order valence-corrected chi connectivity index (χ3v) is 4.15. The molecule has 2 aromatic carbocycles. The standard InChI is InChI=1S/C21H23NO7/c1-3-9-29-21(28)15(10-13-5-7-16(23)18(25)11-13)22(20(27)4-2)14-6-8-17(24)19(26)12-14/h4-8,11-12,15,23-26H,2-3,9-10H2,1H3/t15-/m0/s1. The van der Waals surface area contributed by atoms with E-state index in [1.165, 1.54) is 30.3 Å². The fourth-order valence-corrected chi connectivity index (χ4v) is 2.72. The lowest BCUT2D eigenvalue weighted by Crippen LogP contribution is -2.47. The maximum atomic E-state index is 12.8. The number of anilines is 1. The maximum absolute atomic E-state index is 12.8. The number of carbonyl (C=O) groups excluding carboxylic acids is 2. The summed E-state index contributed by atoms with van der Waals surface area (Å²) in [6, 6.07) is 6.59. The molecule has 8 nitrogen and oxygen atoms in total. The van der Waals surface area contributed by atoms with Crippen molar-refractivity contribution < 1.29 is 34.8 Å². The molecular weight excluding hydrogens is 378 g/mol. The molecule has 0 radical (unpaired) electrons. The van der Waals surface area contributed by atoms with E-state index in [4.69, 9.17) is 4.74 Å². The van der Waals surface area contributed by atoms with Crippen LogP contribution >= 0.6 is 0 Å². The van der Waals surface area contributed by atoms with Gasteiger partial charge in [-0.25, -0.2) is 4.79 Å². The van der Waals surface area contributed by atoms with E-state index in [0.29, 0.717) is 12.0 Å². The van der Waals surface area contributed by atoms with Gasteiger partial charge in [-0.3, -0.25) is 9.69 Å². The normalized spacial score (nSPS) is 11.5. The molecule has 0 heterocycles. The predicted octanol–water partition coefficient (Wildman–Crippen LogP) is 2.59. The van der Waals surface area contributed by atoms with Crippen LogP contribution in [0, 0.1) is 0 Å². The van der Waals surface area contributed by atoms with E-state index in [1.54, 1.807) is 0 Å². The van der Waals surface area contributed by atoms with E-state index < -0.39 is 23.7 Å². The van der Waals surface area contributed by atoms with Gasteiger partial charge in [0.25, 0.3) is 5.91 Å². The molecule has 0 unspecified atom stereocenters. The number of amides is 1. The highest BCUT2D eigenvalue weighted by molar-refractivity contribution is 6.05. The van der Waals surface area contributed by atoms with Gasteiger partial charge in [-0.2, -0.15) is 0 Å². The number of benzene rings is 2. The first kappa shape index (κ1) is 21.6. The lowest BCUT2D eigenvalue weighted by atomic mass is 10.0. The molecule has 0 saturated heterocycles. The summed E-state index contributed by atoms with van der Waals surface area (Å²) >= 11 is 0. The zero-order valence-corrected chi connectivity index (χ0v) is 15.9. The summed E-state index contributed by atoms with van der Waals surface area (Å²) in [6.07, 6.45) is 1.55. The van der Waals surface area contributed by atoms with Gasteiger partial charge in [0.1, 0.15) is 6.04 Å². The van der Waals surface area contributed by atoms with Crippen molar-refractivity contribution >= 4 is 17.6 Å². The third-order valence-electron chi connectivity index (χ3n) is 4.15. The Morgan fingerprint density at radius 1 is 1.03 bits per heavy atom. The summed E-state index contributed by atoms with van der Waals surface area (Å²) in [7, 11) is 0. The number of hydrogen-bond donors (Lipinski definition) is 4. The van der Waals surface area contributed by atoms with Crippen molar-refractivity contribution in [2.24, 2.45) is 0 Å². The third kappa shape index (κ3) is 5.19. The zero-order valence-electron chi connectivity index (χ0n) is 15.9. The van der Waals surface area contributed by atoms with Crippen molar-refractivity contribution in [3.8, 4) is 23.0 Å². The number of phenolic OH excluding ortho intramolecular Hbond substituents is 4. The molecule has 0 aromatic heterocycles. The minimum absolute atomic E-state index is 0.0440. The van der Waals surface area contributed by atoms with E-state index in [1.807, 2.05) is 6.92 Å². The van der Waals surface area contributed by atoms with Crippen molar-refractivity contribution in [2.75, 3.05) is 11.5 Å². The highest BCUT2D eigenvalue weighted by Gasteiger charge is 2.32. The molecule has 0 aliphatic heterocycles. The van der Waals surface area contributed by atoms with E-state index in [0.717, 1.165) is 17.0 Å². The number of aromatic hydroxyl groups is 4. The Hall–Kier alpha value is -3.68. The summed E-state index contributed by atoms with van der Waals surface area (Å²) in [5, 5.41) is 38.6. The SMILES string of the molecule is C=CC(=O)N(c1ccc(O)c(O)c1)[C@@H](Cc1ccc(O)c(O)c1)C(=O)OCCC. The zero-order chi connectivity index (χ0) is 21.6. The Balaban J connectivity index is 2.51. The van der Waals surface area contributed by atoms with Gasteiger partial charge in [-0.15, -0.1) is 0 Å². The van der Waals surface area contributed by atoms with E-state index >= 15 is 0 Å². The van der Waals surface area contributed by atoms with Gasteiger partial charge in [-0.1, -0.05) is 19.6 Å². The van der Waals surface area contributed by atoms with Gasteiger partial charge < -0.3 is 25.2 Å². The molecule has 0 aliphatic rings. The predicted molar refractivity (Wildman–Crippen MR) is 106 cm³/mol. The molecule has 154 valence electrons. The van der Waals surface area contributed by atoms with Crippen molar-refractivity contribution in [1.29, 1.82) is 0 Å². The van der Waals surface area contributed by atoms with Crippen molar-refractivity contribution in [3.05, 3.63) is 54.6 Å². The number of nitrogens with zero attached hydrogens (tertiary/aromatic N) is 1. The average molecular weight is 401 g/mol. The van der Waals surface area contributed by atoms with E-state index in [2.05, 4.69) is 6.58 Å². The Kier molecular flexibility index (Phi) is 7.08. The first-order valence-electron chi connectivity index (χ1n) is 8.93. The van der Waals surface area contributed by atoms with Crippen LogP contribution in [0.3, 0.4) is 0 Å². The van der Waals surface area contributed by atoms with Crippen LogP contribution in [0.4, 0.5) is 5.69 Å². The second-order valence-corrected chi connectivity index (χ2v) is 6.30. The maximum Gasteiger partial charge on any atom is 0.329 e. The van der Waals surface area contributed by atoms with Crippen LogP contribution in [0.25, 0.3) is 0 Å². The van der Waals surface area contributed by atoms with Crippen LogP contribution in [0.1, 0.15) is 18.9 Å². The van der Waals surface area contributed by atoms with Gasteiger partial charge in [-0.05, 0) is 42.3 Å². The number of esters is 1. The Labute approximate surface area is 167 Å². The molecule has 1 atom stereocenters. The molecule has 1 amide bonds. The highest BCUT2D eigenvalue weighted by atomic mass is 16.5. The van der Waals surface area contributed by atoms with Gasteiger partial charge in [0.15, 0.2) is 23.0 Å². The Morgan fingerprint density at radius 2 is 1.66 bits per heavy atom. The molecule has 2 rings (SSSR count). The summed E-state index contributed by atoms with van der Waals surface area (Å²) < 4.78 is 5.24. The van der Waals surface area contributed by atoms with Crippen molar-refractivity contribution in [1.82, 2.24) is 0 Å². The molecule has 2 aromatic rings. The van der Waals surface area contributed by atoms with Crippen LogP contribution < -0.4 is 4.90 Å². The molecule has 0 spiro atoms. The second-order valence-electron chi connectivity index (χ2n) is 6.30. The molecular formula is C21H23NO7. The summed E-state index contributed by atoms with van der Waals surface area (Å²) in [5.41, 5.74) is 0.607. The van der Waals surface area contributed by atoms with Crippen LogP contribution in [0.2, 0.25) is 0 Å². The van der Waals surface area contributed by atoms with Gasteiger partial charge >= 0.3 is 5.97 Å². The topological polar surface area (TPSA) is 128 Å². The molecule has 8 heteroatoms. The fraction of sp³-hybridized carbons (Fsp3) is 0.238. The number of phenols is 4. The van der Waals surface area contributed by atoms with Crippen LogP contribution in [-0.4, -0.2) is 45.0 Å².